The SMILES string of the molecule is Fc1cccc(-c2nc(/C=C/c3ccsc3)oc2-c2cccc(F)c2)c1. The van der Waals surface area contributed by atoms with E-state index in [0.717, 1.165) is 5.56 Å². The number of halogens is 2. The van der Waals surface area contributed by atoms with Crippen LogP contribution in [0.2, 0.25) is 0 Å². The van der Waals surface area contributed by atoms with E-state index >= 15 is 0 Å². The molecule has 2 nitrogen and oxygen atoms in total. The van der Waals surface area contributed by atoms with Crippen molar-refractivity contribution in [2.75, 3.05) is 0 Å². The maximum atomic E-state index is 13.7. The van der Waals surface area contributed by atoms with E-state index in [4.69, 9.17) is 4.42 Å². The molecule has 0 saturated carbocycles. The van der Waals surface area contributed by atoms with Crippen LogP contribution in [-0.4, -0.2) is 4.98 Å². The van der Waals surface area contributed by atoms with Gasteiger partial charge in [0, 0.05) is 17.2 Å². The van der Waals surface area contributed by atoms with Crippen molar-refractivity contribution in [1.29, 1.82) is 0 Å². The van der Waals surface area contributed by atoms with Crippen LogP contribution in [0.5, 0.6) is 0 Å². The van der Waals surface area contributed by atoms with Crippen molar-refractivity contribution in [1.82, 2.24) is 4.98 Å². The topological polar surface area (TPSA) is 26.0 Å². The second-order valence-corrected chi connectivity index (χ2v) is 6.42. The molecule has 0 fully saturated rings. The van der Waals surface area contributed by atoms with E-state index in [1.54, 1.807) is 41.7 Å². The average Bonchev–Trinajstić information content (AvgIpc) is 3.30. The lowest BCUT2D eigenvalue weighted by Gasteiger charge is -2.02. The molecule has 0 unspecified atom stereocenters. The van der Waals surface area contributed by atoms with Gasteiger partial charge in [-0.1, -0.05) is 24.3 Å². The first-order valence-corrected chi connectivity index (χ1v) is 8.86. The van der Waals surface area contributed by atoms with Crippen molar-refractivity contribution >= 4 is 23.5 Å². The van der Waals surface area contributed by atoms with Crippen molar-refractivity contribution in [3.8, 4) is 22.6 Å². The van der Waals surface area contributed by atoms with E-state index in [9.17, 15) is 8.78 Å². The Labute approximate surface area is 153 Å². The third kappa shape index (κ3) is 3.48. The second kappa shape index (κ2) is 7.06. The number of rotatable bonds is 4. The molecule has 2 aromatic heterocycles. The zero-order valence-electron chi connectivity index (χ0n) is 13.5. The molecule has 4 aromatic rings. The maximum absolute atomic E-state index is 13.7. The van der Waals surface area contributed by atoms with Crippen LogP contribution < -0.4 is 0 Å². The van der Waals surface area contributed by atoms with Crippen LogP contribution in [0, 0.1) is 11.6 Å². The highest BCUT2D eigenvalue weighted by Crippen LogP contribution is 2.33. The standard InChI is InChI=1S/C21H13F2NOS/c22-17-5-1-3-15(11-17)20-21(16-4-2-6-18(23)12-16)25-19(24-20)8-7-14-9-10-26-13-14/h1-13H/b8-7+. The molecular formula is C21H13F2NOS. The maximum Gasteiger partial charge on any atom is 0.220 e. The third-order valence-electron chi connectivity index (χ3n) is 3.79. The number of hydrogen-bond donors (Lipinski definition) is 0. The Bertz CT molecular complexity index is 1000. The number of nitrogens with zero attached hydrogens (tertiary/aromatic N) is 1. The van der Waals surface area contributed by atoms with Crippen molar-refractivity contribution < 1.29 is 13.2 Å². The molecule has 0 saturated heterocycles. The number of hydrogen-bond acceptors (Lipinski definition) is 3. The average molecular weight is 365 g/mol. The molecule has 0 spiro atoms. The van der Waals surface area contributed by atoms with Crippen LogP contribution in [-0.2, 0) is 0 Å². The number of benzene rings is 2. The summed E-state index contributed by atoms with van der Waals surface area (Å²) in [5.74, 6) is 0.0281. The van der Waals surface area contributed by atoms with Crippen molar-refractivity contribution in [3.63, 3.8) is 0 Å². The van der Waals surface area contributed by atoms with E-state index in [0.29, 0.717) is 28.5 Å². The largest absolute Gasteiger partial charge is 0.436 e. The normalized spacial score (nSPS) is 11.3. The second-order valence-electron chi connectivity index (χ2n) is 5.64. The van der Waals surface area contributed by atoms with Gasteiger partial charge >= 0.3 is 0 Å². The van der Waals surface area contributed by atoms with Crippen LogP contribution >= 0.6 is 11.3 Å². The predicted octanol–water partition coefficient (Wildman–Crippen LogP) is 6.52. The van der Waals surface area contributed by atoms with Gasteiger partial charge in [0.25, 0.3) is 0 Å². The minimum atomic E-state index is -0.376. The summed E-state index contributed by atoms with van der Waals surface area (Å²) >= 11 is 1.59. The van der Waals surface area contributed by atoms with Crippen LogP contribution in [0.15, 0.2) is 69.8 Å². The Morgan fingerprint density at radius 1 is 0.885 bits per heavy atom. The lowest BCUT2D eigenvalue weighted by atomic mass is 10.1. The summed E-state index contributed by atoms with van der Waals surface area (Å²) in [5, 5.41) is 3.98. The quantitative estimate of drug-likeness (QED) is 0.411. The van der Waals surface area contributed by atoms with Gasteiger partial charge in [0.05, 0.1) is 0 Å². The van der Waals surface area contributed by atoms with Crippen LogP contribution in [0.1, 0.15) is 11.5 Å². The van der Waals surface area contributed by atoms with E-state index in [-0.39, 0.29) is 11.6 Å². The monoisotopic (exact) mass is 365 g/mol. The van der Waals surface area contributed by atoms with E-state index in [1.165, 1.54) is 24.3 Å². The van der Waals surface area contributed by atoms with Crippen LogP contribution in [0.3, 0.4) is 0 Å². The van der Waals surface area contributed by atoms with Gasteiger partial charge in [-0.2, -0.15) is 11.3 Å². The molecule has 0 atom stereocenters. The summed E-state index contributed by atoms with van der Waals surface area (Å²) < 4.78 is 33.2. The molecule has 0 bridgehead atoms. The van der Waals surface area contributed by atoms with Crippen molar-refractivity contribution in [2.45, 2.75) is 0 Å². The molecular weight excluding hydrogens is 352 g/mol. The van der Waals surface area contributed by atoms with E-state index in [2.05, 4.69) is 4.98 Å². The fourth-order valence-corrected chi connectivity index (χ4v) is 3.23. The Kier molecular flexibility index (Phi) is 4.46. The summed E-state index contributed by atoms with van der Waals surface area (Å²) in [5.41, 5.74) is 2.63. The Morgan fingerprint density at radius 3 is 2.31 bits per heavy atom. The third-order valence-corrected chi connectivity index (χ3v) is 4.49. The first kappa shape index (κ1) is 16.4. The van der Waals surface area contributed by atoms with Gasteiger partial charge in [-0.3, -0.25) is 0 Å². The van der Waals surface area contributed by atoms with Gasteiger partial charge in [-0.25, -0.2) is 13.8 Å². The molecule has 2 aromatic carbocycles. The smallest absolute Gasteiger partial charge is 0.220 e. The molecule has 128 valence electrons. The van der Waals surface area contributed by atoms with Crippen LogP contribution in [0.4, 0.5) is 8.78 Å². The van der Waals surface area contributed by atoms with E-state index in [1.807, 2.05) is 22.9 Å². The molecule has 4 rings (SSSR count). The minimum absolute atomic E-state index is 0.369. The summed E-state index contributed by atoms with van der Waals surface area (Å²) in [6.45, 7) is 0. The van der Waals surface area contributed by atoms with Gasteiger partial charge in [0.15, 0.2) is 5.76 Å². The van der Waals surface area contributed by atoms with Crippen LogP contribution in [0.25, 0.3) is 34.7 Å². The molecule has 0 aliphatic carbocycles. The molecule has 5 heteroatoms. The molecule has 0 amide bonds. The molecule has 0 aliphatic heterocycles. The Balaban J connectivity index is 1.82. The van der Waals surface area contributed by atoms with Crippen molar-refractivity contribution in [2.24, 2.45) is 0 Å². The predicted molar refractivity (Wildman–Crippen MR) is 101 cm³/mol. The van der Waals surface area contributed by atoms with Gasteiger partial charge in [0.1, 0.15) is 17.3 Å². The first-order valence-electron chi connectivity index (χ1n) is 7.92. The minimum Gasteiger partial charge on any atom is -0.436 e. The van der Waals surface area contributed by atoms with Gasteiger partial charge in [-0.05, 0) is 52.7 Å². The fraction of sp³-hybridized carbons (Fsp3) is 0. The summed E-state index contributed by atoms with van der Waals surface area (Å²) in [6, 6.07) is 14.1. The summed E-state index contributed by atoms with van der Waals surface area (Å²) in [6.07, 6.45) is 3.63. The number of thiophene rings is 1. The molecule has 2 heterocycles. The highest BCUT2D eigenvalue weighted by molar-refractivity contribution is 7.08. The van der Waals surface area contributed by atoms with E-state index < -0.39 is 0 Å². The highest BCUT2D eigenvalue weighted by atomic mass is 32.1. The van der Waals surface area contributed by atoms with Crippen molar-refractivity contribution in [3.05, 3.63) is 88.4 Å². The molecule has 0 aliphatic rings. The lowest BCUT2D eigenvalue weighted by Crippen LogP contribution is -1.85. The molecule has 0 N–H and O–H groups in total. The highest BCUT2D eigenvalue weighted by Gasteiger charge is 2.17. The fourth-order valence-electron chi connectivity index (χ4n) is 2.60. The number of aromatic nitrogens is 1. The number of oxazole rings is 1. The van der Waals surface area contributed by atoms with Gasteiger partial charge < -0.3 is 4.42 Å². The lowest BCUT2D eigenvalue weighted by molar-refractivity contribution is 0.559. The summed E-state index contributed by atoms with van der Waals surface area (Å²) in [7, 11) is 0. The molecule has 26 heavy (non-hydrogen) atoms. The first-order chi connectivity index (χ1) is 12.7. The summed E-state index contributed by atoms with van der Waals surface area (Å²) in [4.78, 5) is 4.49. The zero-order valence-corrected chi connectivity index (χ0v) is 14.3. The Morgan fingerprint density at radius 2 is 1.62 bits per heavy atom. The van der Waals surface area contributed by atoms with Gasteiger partial charge in [-0.15, -0.1) is 0 Å². The zero-order chi connectivity index (χ0) is 17.9. The molecule has 0 radical (unpaired) electrons. The Hall–Kier alpha value is -3.05. The van der Waals surface area contributed by atoms with Gasteiger partial charge in [0.2, 0.25) is 5.89 Å².